The van der Waals surface area contributed by atoms with E-state index in [1.54, 1.807) is 0 Å². The number of amides is 1. The molecule has 0 aliphatic carbocycles. The van der Waals surface area contributed by atoms with E-state index >= 15 is 0 Å². The molecule has 120 valence electrons. The van der Waals surface area contributed by atoms with Gasteiger partial charge in [-0.15, -0.1) is 0 Å². The molecule has 0 spiro atoms. The normalized spacial score (nSPS) is 14.3. The summed E-state index contributed by atoms with van der Waals surface area (Å²) in [6.45, 7) is 2.39. The lowest BCUT2D eigenvalue weighted by molar-refractivity contribution is -0.114. The van der Waals surface area contributed by atoms with Gasteiger partial charge in [0.2, 0.25) is 5.91 Å². The summed E-state index contributed by atoms with van der Waals surface area (Å²) < 4.78 is 0. The molecule has 4 nitrogen and oxygen atoms in total. The Morgan fingerprint density at radius 3 is 2.39 bits per heavy atom. The van der Waals surface area contributed by atoms with Crippen molar-refractivity contribution >= 4 is 23.0 Å². The van der Waals surface area contributed by atoms with Gasteiger partial charge in [-0.3, -0.25) is 4.79 Å². The molecule has 0 atom stereocenters. The molecule has 1 saturated heterocycles. The highest BCUT2D eigenvalue weighted by Gasteiger charge is 2.15. The van der Waals surface area contributed by atoms with E-state index in [-0.39, 0.29) is 12.5 Å². The third-order valence-electron chi connectivity index (χ3n) is 4.10. The zero-order valence-electron chi connectivity index (χ0n) is 13.3. The molecular formula is C19H23N3O. The van der Waals surface area contributed by atoms with Crippen LogP contribution in [0.4, 0.5) is 17.1 Å². The maximum absolute atomic E-state index is 12.2. The zero-order chi connectivity index (χ0) is 15.9. The lowest BCUT2D eigenvalue weighted by Gasteiger charge is -2.30. The van der Waals surface area contributed by atoms with Gasteiger partial charge in [0, 0.05) is 18.8 Å². The summed E-state index contributed by atoms with van der Waals surface area (Å²) in [5, 5.41) is 6.17. The van der Waals surface area contributed by atoms with Crippen LogP contribution >= 0.6 is 0 Å². The topological polar surface area (TPSA) is 44.4 Å². The van der Waals surface area contributed by atoms with E-state index in [0.29, 0.717) is 0 Å². The summed E-state index contributed by atoms with van der Waals surface area (Å²) in [6, 6.07) is 17.8. The smallest absolute Gasteiger partial charge is 0.243 e. The van der Waals surface area contributed by atoms with E-state index in [2.05, 4.69) is 21.6 Å². The number of piperidine rings is 1. The van der Waals surface area contributed by atoms with Crippen molar-refractivity contribution in [2.45, 2.75) is 19.3 Å². The lowest BCUT2D eigenvalue weighted by atomic mass is 10.1. The number of carbonyl (C=O) groups is 1. The van der Waals surface area contributed by atoms with E-state index in [4.69, 9.17) is 0 Å². The summed E-state index contributed by atoms with van der Waals surface area (Å²) in [7, 11) is 0. The summed E-state index contributed by atoms with van der Waals surface area (Å²) >= 11 is 0. The predicted octanol–water partition coefficient (Wildman–Crippen LogP) is 3.73. The van der Waals surface area contributed by atoms with E-state index in [0.717, 1.165) is 30.2 Å². The fourth-order valence-electron chi connectivity index (χ4n) is 2.92. The number of benzene rings is 2. The van der Waals surface area contributed by atoms with Gasteiger partial charge in [-0.05, 0) is 43.5 Å². The molecule has 0 aromatic heterocycles. The minimum atomic E-state index is -0.0293. The van der Waals surface area contributed by atoms with Crippen molar-refractivity contribution in [2.24, 2.45) is 0 Å². The zero-order valence-corrected chi connectivity index (χ0v) is 13.3. The lowest BCUT2D eigenvalue weighted by Crippen LogP contribution is -2.31. The molecule has 1 aliphatic rings. The van der Waals surface area contributed by atoms with E-state index in [1.807, 2.05) is 48.5 Å². The number of hydrogen-bond acceptors (Lipinski definition) is 3. The Hall–Kier alpha value is -2.49. The van der Waals surface area contributed by atoms with Gasteiger partial charge in [0.1, 0.15) is 0 Å². The van der Waals surface area contributed by atoms with Crippen molar-refractivity contribution in [1.29, 1.82) is 0 Å². The first kappa shape index (κ1) is 15.4. The Labute approximate surface area is 137 Å². The molecule has 3 rings (SSSR count). The average molecular weight is 309 g/mol. The van der Waals surface area contributed by atoms with Gasteiger partial charge < -0.3 is 15.5 Å². The highest BCUT2D eigenvalue weighted by Crippen LogP contribution is 2.28. The van der Waals surface area contributed by atoms with Crippen LogP contribution < -0.4 is 15.5 Å². The Balaban J connectivity index is 1.62. The van der Waals surface area contributed by atoms with Crippen LogP contribution in [0.1, 0.15) is 19.3 Å². The summed E-state index contributed by atoms with van der Waals surface area (Å²) in [5.41, 5.74) is 2.97. The third-order valence-corrected chi connectivity index (χ3v) is 4.10. The fraction of sp³-hybridized carbons (Fsp3) is 0.316. The van der Waals surface area contributed by atoms with Crippen molar-refractivity contribution in [2.75, 3.05) is 35.2 Å². The molecule has 0 radical (unpaired) electrons. The van der Waals surface area contributed by atoms with Crippen molar-refractivity contribution in [3.05, 3.63) is 54.6 Å². The van der Waals surface area contributed by atoms with Crippen LogP contribution in [0, 0.1) is 0 Å². The second-order valence-electron chi connectivity index (χ2n) is 5.83. The van der Waals surface area contributed by atoms with Crippen LogP contribution in [-0.4, -0.2) is 25.5 Å². The van der Waals surface area contributed by atoms with Gasteiger partial charge in [-0.1, -0.05) is 30.3 Å². The van der Waals surface area contributed by atoms with Crippen molar-refractivity contribution in [3.63, 3.8) is 0 Å². The number of hydrogen-bond donors (Lipinski definition) is 2. The summed E-state index contributed by atoms with van der Waals surface area (Å²) in [6.07, 6.45) is 3.74. The number of nitrogens with zero attached hydrogens (tertiary/aromatic N) is 1. The van der Waals surface area contributed by atoms with E-state index in [9.17, 15) is 4.79 Å². The SMILES string of the molecule is O=C(CNc1ccccc1)Nc1ccccc1N1CCCCC1. The van der Waals surface area contributed by atoms with Crippen LogP contribution in [-0.2, 0) is 4.79 Å². The molecule has 2 aromatic rings. The Morgan fingerprint density at radius 2 is 1.61 bits per heavy atom. The van der Waals surface area contributed by atoms with Gasteiger partial charge >= 0.3 is 0 Å². The van der Waals surface area contributed by atoms with E-state index in [1.165, 1.54) is 19.3 Å². The van der Waals surface area contributed by atoms with Crippen LogP contribution in [0.15, 0.2) is 54.6 Å². The summed E-state index contributed by atoms with van der Waals surface area (Å²) in [5.74, 6) is -0.0293. The fourth-order valence-corrected chi connectivity index (χ4v) is 2.92. The standard InChI is InChI=1S/C19H23N3O/c23-19(15-20-16-9-3-1-4-10-16)21-17-11-5-6-12-18(17)22-13-7-2-8-14-22/h1,3-6,9-12,20H,2,7-8,13-15H2,(H,21,23). The molecule has 1 heterocycles. The highest BCUT2D eigenvalue weighted by atomic mass is 16.1. The molecule has 0 unspecified atom stereocenters. The molecule has 4 heteroatoms. The predicted molar refractivity (Wildman–Crippen MR) is 96.1 cm³/mol. The highest BCUT2D eigenvalue weighted by molar-refractivity contribution is 5.96. The monoisotopic (exact) mass is 309 g/mol. The number of para-hydroxylation sites is 3. The second kappa shape index (κ2) is 7.68. The first-order valence-corrected chi connectivity index (χ1v) is 8.26. The van der Waals surface area contributed by atoms with Gasteiger partial charge in [0.05, 0.1) is 17.9 Å². The average Bonchev–Trinajstić information content (AvgIpc) is 2.62. The quantitative estimate of drug-likeness (QED) is 0.884. The second-order valence-corrected chi connectivity index (χ2v) is 5.83. The maximum Gasteiger partial charge on any atom is 0.243 e. The minimum absolute atomic E-state index is 0.0293. The number of carbonyl (C=O) groups excluding carboxylic acids is 1. The van der Waals surface area contributed by atoms with Gasteiger partial charge in [-0.2, -0.15) is 0 Å². The largest absolute Gasteiger partial charge is 0.376 e. The Kier molecular flexibility index (Phi) is 5.14. The van der Waals surface area contributed by atoms with Crippen LogP contribution in [0.5, 0.6) is 0 Å². The molecule has 2 N–H and O–H groups in total. The number of rotatable bonds is 5. The van der Waals surface area contributed by atoms with Crippen LogP contribution in [0.2, 0.25) is 0 Å². The Morgan fingerprint density at radius 1 is 0.913 bits per heavy atom. The molecule has 0 bridgehead atoms. The first-order chi connectivity index (χ1) is 11.3. The van der Waals surface area contributed by atoms with E-state index < -0.39 is 0 Å². The molecular weight excluding hydrogens is 286 g/mol. The number of nitrogens with one attached hydrogen (secondary N) is 2. The summed E-state index contributed by atoms with van der Waals surface area (Å²) in [4.78, 5) is 14.6. The van der Waals surface area contributed by atoms with Crippen LogP contribution in [0.25, 0.3) is 0 Å². The molecule has 2 aromatic carbocycles. The Bertz CT molecular complexity index is 636. The number of anilines is 3. The third kappa shape index (κ3) is 4.25. The van der Waals surface area contributed by atoms with Crippen molar-refractivity contribution in [3.8, 4) is 0 Å². The maximum atomic E-state index is 12.2. The van der Waals surface area contributed by atoms with Crippen LogP contribution in [0.3, 0.4) is 0 Å². The van der Waals surface area contributed by atoms with Gasteiger partial charge in [-0.25, -0.2) is 0 Å². The van der Waals surface area contributed by atoms with Gasteiger partial charge in [0.15, 0.2) is 0 Å². The molecule has 1 amide bonds. The first-order valence-electron chi connectivity index (χ1n) is 8.26. The van der Waals surface area contributed by atoms with Gasteiger partial charge in [0.25, 0.3) is 0 Å². The molecule has 1 fully saturated rings. The van der Waals surface area contributed by atoms with Crippen molar-refractivity contribution in [1.82, 2.24) is 0 Å². The molecule has 23 heavy (non-hydrogen) atoms. The van der Waals surface area contributed by atoms with Crippen molar-refractivity contribution < 1.29 is 4.79 Å². The molecule has 1 aliphatic heterocycles. The minimum Gasteiger partial charge on any atom is -0.376 e. The molecule has 0 saturated carbocycles.